The highest BCUT2D eigenvalue weighted by atomic mass is 35.5. The summed E-state index contributed by atoms with van der Waals surface area (Å²) in [5.41, 5.74) is 3.71. The van der Waals surface area contributed by atoms with Crippen LogP contribution in [0.2, 0.25) is 10.0 Å². The number of nitrogens with one attached hydrogen (secondary N) is 1. The molecule has 17 heavy (non-hydrogen) atoms. The van der Waals surface area contributed by atoms with Crippen LogP contribution in [0.5, 0.6) is 0 Å². The fraction of sp³-hybridized carbons (Fsp3) is 0.333. The van der Waals surface area contributed by atoms with Gasteiger partial charge in [0.05, 0.1) is 10.6 Å². The van der Waals surface area contributed by atoms with Gasteiger partial charge in [-0.2, -0.15) is 5.10 Å². The summed E-state index contributed by atoms with van der Waals surface area (Å²) < 4.78 is 0. The Bertz CT molecular complexity index is 444. The summed E-state index contributed by atoms with van der Waals surface area (Å²) in [6.07, 6.45) is 1.85. The Balaban J connectivity index is 2.74. The Kier molecular flexibility index (Phi) is 5.45. The molecular formula is C12H14Cl2N2O. The van der Waals surface area contributed by atoms with Gasteiger partial charge in [0.25, 0.3) is 5.91 Å². The van der Waals surface area contributed by atoms with Crippen molar-refractivity contribution in [1.82, 2.24) is 5.43 Å². The molecule has 0 aliphatic heterocycles. The van der Waals surface area contributed by atoms with Crippen molar-refractivity contribution >= 4 is 34.8 Å². The minimum atomic E-state index is -0.331. The van der Waals surface area contributed by atoms with Crippen LogP contribution in [0.3, 0.4) is 0 Å². The third-order valence-electron chi connectivity index (χ3n) is 2.14. The first kappa shape index (κ1) is 14.0. The topological polar surface area (TPSA) is 41.5 Å². The van der Waals surface area contributed by atoms with E-state index >= 15 is 0 Å². The summed E-state index contributed by atoms with van der Waals surface area (Å²) in [6, 6.07) is 4.72. The molecule has 0 saturated heterocycles. The van der Waals surface area contributed by atoms with Crippen molar-refractivity contribution in [2.75, 3.05) is 0 Å². The van der Waals surface area contributed by atoms with Crippen molar-refractivity contribution < 1.29 is 4.79 Å². The molecule has 92 valence electrons. The normalized spacial score (nSPS) is 11.4. The first-order valence-electron chi connectivity index (χ1n) is 5.33. The largest absolute Gasteiger partial charge is 0.272 e. The lowest BCUT2D eigenvalue weighted by atomic mass is 10.2. The Labute approximate surface area is 111 Å². The molecule has 1 rings (SSSR count). The van der Waals surface area contributed by atoms with Gasteiger partial charge in [-0.15, -0.1) is 0 Å². The summed E-state index contributed by atoms with van der Waals surface area (Å²) >= 11 is 11.7. The predicted molar refractivity (Wildman–Crippen MR) is 71.9 cm³/mol. The fourth-order valence-corrected chi connectivity index (χ4v) is 1.79. The maximum absolute atomic E-state index is 11.7. The highest BCUT2D eigenvalue weighted by Gasteiger charge is 2.09. The molecule has 0 heterocycles. The summed E-state index contributed by atoms with van der Waals surface area (Å²) in [6.45, 7) is 3.92. The van der Waals surface area contributed by atoms with E-state index in [-0.39, 0.29) is 5.91 Å². The molecule has 0 spiro atoms. The molecule has 1 aromatic carbocycles. The third kappa shape index (κ3) is 4.36. The number of hydrogen-bond donors (Lipinski definition) is 1. The molecular weight excluding hydrogens is 259 g/mol. The highest BCUT2D eigenvalue weighted by Crippen LogP contribution is 2.20. The first-order valence-corrected chi connectivity index (χ1v) is 6.08. The number of carbonyl (C=O) groups excluding carboxylic acids is 1. The zero-order chi connectivity index (χ0) is 12.8. The van der Waals surface area contributed by atoms with Crippen molar-refractivity contribution in [2.45, 2.75) is 26.7 Å². The van der Waals surface area contributed by atoms with Crippen molar-refractivity contribution in [3.05, 3.63) is 33.8 Å². The molecule has 0 aromatic heterocycles. The summed E-state index contributed by atoms with van der Waals surface area (Å²) in [7, 11) is 0. The van der Waals surface area contributed by atoms with E-state index in [4.69, 9.17) is 23.2 Å². The van der Waals surface area contributed by atoms with E-state index in [2.05, 4.69) is 17.5 Å². The first-order chi connectivity index (χ1) is 8.04. The van der Waals surface area contributed by atoms with E-state index in [1.165, 1.54) is 6.07 Å². The molecule has 0 unspecified atom stereocenters. The van der Waals surface area contributed by atoms with Gasteiger partial charge in [-0.05, 0) is 31.5 Å². The molecule has 5 heteroatoms. The lowest BCUT2D eigenvalue weighted by Crippen LogP contribution is -2.19. The molecule has 3 nitrogen and oxygen atoms in total. The maximum Gasteiger partial charge on any atom is 0.272 e. The van der Waals surface area contributed by atoms with Crippen LogP contribution in [0, 0.1) is 0 Å². The van der Waals surface area contributed by atoms with Crippen LogP contribution in [-0.4, -0.2) is 11.6 Å². The van der Waals surface area contributed by atoms with Gasteiger partial charge in [-0.1, -0.05) is 36.5 Å². The summed E-state index contributed by atoms with van der Waals surface area (Å²) in [4.78, 5) is 11.7. The smallest absolute Gasteiger partial charge is 0.267 e. The van der Waals surface area contributed by atoms with E-state index in [0.29, 0.717) is 15.6 Å². The Morgan fingerprint density at radius 1 is 1.41 bits per heavy atom. The molecule has 0 aliphatic rings. The lowest BCUT2D eigenvalue weighted by molar-refractivity contribution is 0.0955. The van der Waals surface area contributed by atoms with Crippen LogP contribution >= 0.6 is 23.2 Å². The van der Waals surface area contributed by atoms with Crippen LogP contribution in [0.15, 0.2) is 23.3 Å². The van der Waals surface area contributed by atoms with Gasteiger partial charge in [0.15, 0.2) is 0 Å². The van der Waals surface area contributed by atoms with E-state index in [1.807, 2.05) is 6.92 Å². The standard InChI is InChI=1S/C12H14Cl2N2O/c1-3-4-8(2)15-16-12(17)10-6-5-9(13)7-11(10)14/h5-7H,3-4H2,1-2H3,(H,16,17)/b15-8+. The van der Waals surface area contributed by atoms with Crippen LogP contribution in [0.25, 0.3) is 0 Å². The number of halogens is 2. The molecule has 0 atom stereocenters. The number of benzene rings is 1. The summed E-state index contributed by atoms with van der Waals surface area (Å²) in [5, 5.41) is 4.79. The monoisotopic (exact) mass is 272 g/mol. The molecule has 1 N–H and O–H groups in total. The van der Waals surface area contributed by atoms with Crippen LogP contribution in [-0.2, 0) is 0 Å². The van der Waals surface area contributed by atoms with Crippen molar-refractivity contribution in [1.29, 1.82) is 0 Å². The van der Waals surface area contributed by atoms with Crippen molar-refractivity contribution in [3.8, 4) is 0 Å². The third-order valence-corrected chi connectivity index (χ3v) is 2.68. The molecule has 1 amide bonds. The second-order valence-corrected chi connectivity index (χ2v) is 4.51. The average molecular weight is 273 g/mol. The number of hydrogen-bond acceptors (Lipinski definition) is 2. The molecule has 0 fully saturated rings. The minimum absolute atomic E-state index is 0.318. The van der Waals surface area contributed by atoms with Gasteiger partial charge < -0.3 is 0 Å². The van der Waals surface area contributed by atoms with Crippen molar-refractivity contribution in [2.24, 2.45) is 5.10 Å². The zero-order valence-corrected chi connectivity index (χ0v) is 11.3. The van der Waals surface area contributed by atoms with Crippen LogP contribution in [0.1, 0.15) is 37.0 Å². The fourth-order valence-electron chi connectivity index (χ4n) is 1.30. The molecule has 1 aromatic rings. The van der Waals surface area contributed by atoms with E-state index in [1.54, 1.807) is 12.1 Å². The molecule has 0 bridgehead atoms. The Morgan fingerprint density at radius 3 is 2.71 bits per heavy atom. The van der Waals surface area contributed by atoms with Gasteiger partial charge in [0.2, 0.25) is 0 Å². The number of nitrogens with zero attached hydrogens (tertiary/aromatic N) is 1. The van der Waals surface area contributed by atoms with Gasteiger partial charge in [0.1, 0.15) is 0 Å². The van der Waals surface area contributed by atoms with Gasteiger partial charge >= 0.3 is 0 Å². The summed E-state index contributed by atoms with van der Waals surface area (Å²) in [5.74, 6) is -0.331. The zero-order valence-electron chi connectivity index (χ0n) is 9.76. The lowest BCUT2D eigenvalue weighted by Gasteiger charge is -2.04. The van der Waals surface area contributed by atoms with E-state index in [0.717, 1.165) is 18.6 Å². The van der Waals surface area contributed by atoms with Crippen LogP contribution < -0.4 is 5.43 Å². The van der Waals surface area contributed by atoms with E-state index in [9.17, 15) is 4.79 Å². The SMILES string of the molecule is CCC/C(C)=N/NC(=O)c1ccc(Cl)cc1Cl. The minimum Gasteiger partial charge on any atom is -0.267 e. The second-order valence-electron chi connectivity index (χ2n) is 3.66. The molecule has 0 radical (unpaired) electrons. The molecule has 0 saturated carbocycles. The number of rotatable bonds is 4. The number of carbonyl (C=O) groups is 1. The van der Waals surface area contributed by atoms with Gasteiger partial charge in [-0.25, -0.2) is 5.43 Å². The van der Waals surface area contributed by atoms with Gasteiger partial charge in [-0.3, -0.25) is 4.79 Å². The van der Waals surface area contributed by atoms with Crippen LogP contribution in [0.4, 0.5) is 0 Å². The highest BCUT2D eigenvalue weighted by molar-refractivity contribution is 6.36. The Hall–Kier alpha value is -1.06. The quantitative estimate of drug-likeness (QED) is 0.656. The van der Waals surface area contributed by atoms with Gasteiger partial charge in [0, 0.05) is 10.7 Å². The second kappa shape index (κ2) is 6.62. The Morgan fingerprint density at radius 2 is 2.12 bits per heavy atom. The maximum atomic E-state index is 11.7. The molecule has 0 aliphatic carbocycles. The average Bonchev–Trinajstić information content (AvgIpc) is 2.26. The number of amides is 1. The van der Waals surface area contributed by atoms with Crippen molar-refractivity contribution in [3.63, 3.8) is 0 Å². The predicted octanol–water partition coefficient (Wildman–Crippen LogP) is 3.90. The number of hydrazone groups is 1. The van der Waals surface area contributed by atoms with E-state index < -0.39 is 0 Å².